The first-order valence-corrected chi connectivity index (χ1v) is 12.2. The molecule has 2 aromatic carbocycles. The van der Waals surface area contributed by atoms with Crippen molar-refractivity contribution >= 4 is 34.6 Å². The molecule has 4 nitrogen and oxygen atoms in total. The van der Waals surface area contributed by atoms with E-state index < -0.39 is 0 Å². The Morgan fingerprint density at radius 2 is 1.91 bits per heavy atom. The van der Waals surface area contributed by atoms with Gasteiger partial charge >= 0.3 is 0 Å². The molecule has 4 rings (SSSR count). The van der Waals surface area contributed by atoms with Crippen LogP contribution in [-0.2, 0) is 13.0 Å². The Bertz CT molecular complexity index is 1260. The van der Waals surface area contributed by atoms with Gasteiger partial charge in [-0.2, -0.15) is 0 Å². The van der Waals surface area contributed by atoms with Gasteiger partial charge in [-0.15, -0.1) is 0 Å². The van der Waals surface area contributed by atoms with E-state index in [-0.39, 0.29) is 11.7 Å². The quantitative estimate of drug-likeness (QED) is 0.356. The molecule has 0 radical (unpaired) electrons. The summed E-state index contributed by atoms with van der Waals surface area (Å²) in [6, 6.07) is 17.2. The Morgan fingerprint density at radius 3 is 2.59 bits per heavy atom. The molecule has 1 aromatic heterocycles. The van der Waals surface area contributed by atoms with Gasteiger partial charge in [-0.05, 0) is 68.0 Å². The summed E-state index contributed by atoms with van der Waals surface area (Å²) < 4.78 is 7.50. The van der Waals surface area contributed by atoms with Crippen LogP contribution in [0.15, 0.2) is 88.8 Å². The number of hydrogen-bond donors (Lipinski definition) is 1. The minimum absolute atomic E-state index is 0.0335. The number of hydrogen-bond acceptors (Lipinski definition) is 3. The standard InChI is InChI=1S/C28H28Cl2N2O2/c1-19(2)34-27-13-12-24(15-25(27)30)31-26-16-28(33)32(17-21-6-4-3-5-7-21)18-22(26)14-20-8-10-23(29)11-9-20/h3-8,10-13,15-16,18-20,31H,9,14,17H2,1-2H3. The highest BCUT2D eigenvalue weighted by atomic mass is 35.5. The van der Waals surface area contributed by atoms with Crippen LogP contribution in [0.25, 0.3) is 0 Å². The molecule has 0 amide bonds. The molecule has 1 N–H and O–H groups in total. The topological polar surface area (TPSA) is 43.3 Å². The Hall–Kier alpha value is -2.95. The van der Waals surface area contributed by atoms with E-state index in [1.54, 1.807) is 10.6 Å². The number of rotatable bonds is 8. The molecule has 1 unspecified atom stereocenters. The Labute approximate surface area is 210 Å². The summed E-state index contributed by atoms with van der Waals surface area (Å²) >= 11 is 12.5. The number of benzene rings is 2. The van der Waals surface area contributed by atoms with Crippen molar-refractivity contribution in [1.29, 1.82) is 0 Å². The van der Waals surface area contributed by atoms with E-state index in [4.69, 9.17) is 27.9 Å². The minimum Gasteiger partial charge on any atom is -0.489 e. The lowest BCUT2D eigenvalue weighted by atomic mass is 9.93. The molecule has 0 fully saturated rings. The van der Waals surface area contributed by atoms with E-state index >= 15 is 0 Å². The predicted molar refractivity (Wildman–Crippen MR) is 142 cm³/mol. The molecule has 0 aliphatic heterocycles. The average Bonchev–Trinajstić information content (AvgIpc) is 2.80. The lowest BCUT2D eigenvalue weighted by Gasteiger charge is -2.20. The van der Waals surface area contributed by atoms with Crippen molar-refractivity contribution in [3.05, 3.63) is 111 Å². The second-order valence-electron chi connectivity index (χ2n) is 8.75. The Kier molecular flexibility index (Phi) is 7.81. The highest BCUT2D eigenvalue weighted by Gasteiger charge is 2.15. The van der Waals surface area contributed by atoms with Crippen LogP contribution in [0.1, 0.15) is 31.4 Å². The summed E-state index contributed by atoms with van der Waals surface area (Å²) in [5, 5.41) is 4.69. The number of halogens is 2. The van der Waals surface area contributed by atoms with E-state index in [0.29, 0.717) is 23.2 Å². The second-order valence-corrected chi connectivity index (χ2v) is 9.59. The number of nitrogens with zero attached hydrogens (tertiary/aromatic N) is 1. The lowest BCUT2D eigenvalue weighted by molar-refractivity contribution is 0.242. The zero-order valence-corrected chi connectivity index (χ0v) is 20.8. The van der Waals surface area contributed by atoms with Crippen LogP contribution in [0.3, 0.4) is 0 Å². The third-order valence-electron chi connectivity index (χ3n) is 5.60. The molecule has 1 atom stereocenters. The summed E-state index contributed by atoms with van der Waals surface area (Å²) in [7, 11) is 0. The van der Waals surface area contributed by atoms with Gasteiger partial charge in [0, 0.05) is 28.7 Å². The normalized spacial score (nSPS) is 15.3. The maximum Gasteiger partial charge on any atom is 0.252 e. The average molecular weight is 495 g/mol. The summed E-state index contributed by atoms with van der Waals surface area (Å²) in [4.78, 5) is 13.0. The fourth-order valence-electron chi connectivity index (χ4n) is 3.96. The van der Waals surface area contributed by atoms with Crippen LogP contribution in [0, 0.1) is 5.92 Å². The van der Waals surface area contributed by atoms with Crippen LogP contribution >= 0.6 is 23.2 Å². The van der Waals surface area contributed by atoms with E-state index in [1.807, 2.05) is 80.7 Å². The molecule has 176 valence electrons. The van der Waals surface area contributed by atoms with Gasteiger partial charge in [-0.3, -0.25) is 4.79 Å². The van der Waals surface area contributed by atoms with Crippen molar-refractivity contribution in [2.75, 3.05) is 5.32 Å². The molecule has 0 bridgehead atoms. The minimum atomic E-state index is -0.0666. The van der Waals surface area contributed by atoms with Crippen molar-refractivity contribution in [3.63, 3.8) is 0 Å². The van der Waals surface area contributed by atoms with Gasteiger partial charge in [0.25, 0.3) is 5.56 Å². The van der Waals surface area contributed by atoms with Crippen LogP contribution in [0.4, 0.5) is 11.4 Å². The molecule has 0 saturated carbocycles. The highest BCUT2D eigenvalue weighted by molar-refractivity contribution is 6.32. The third-order valence-corrected chi connectivity index (χ3v) is 6.18. The Morgan fingerprint density at radius 1 is 1.12 bits per heavy atom. The van der Waals surface area contributed by atoms with Crippen molar-refractivity contribution in [2.45, 2.75) is 39.3 Å². The second kappa shape index (κ2) is 11.0. The van der Waals surface area contributed by atoms with Gasteiger partial charge in [0.2, 0.25) is 0 Å². The van der Waals surface area contributed by atoms with Gasteiger partial charge in [0.1, 0.15) is 5.75 Å². The predicted octanol–water partition coefficient (Wildman–Crippen LogP) is 7.32. The third kappa shape index (κ3) is 6.34. The summed E-state index contributed by atoms with van der Waals surface area (Å²) in [6.07, 6.45) is 9.74. The molecular weight excluding hydrogens is 467 g/mol. The van der Waals surface area contributed by atoms with Gasteiger partial charge in [-0.1, -0.05) is 65.7 Å². The SMILES string of the molecule is CC(C)Oc1ccc(Nc2cc(=O)n(Cc3ccccc3)cc2CC2C=CC(Cl)=CC2)cc1Cl. The first-order chi connectivity index (χ1) is 16.4. The number of pyridine rings is 1. The van der Waals surface area contributed by atoms with Crippen LogP contribution in [0.2, 0.25) is 5.02 Å². The van der Waals surface area contributed by atoms with Crippen molar-refractivity contribution < 1.29 is 4.74 Å². The molecule has 34 heavy (non-hydrogen) atoms. The van der Waals surface area contributed by atoms with Gasteiger partial charge in [-0.25, -0.2) is 0 Å². The first-order valence-electron chi connectivity index (χ1n) is 11.4. The number of aromatic nitrogens is 1. The molecule has 0 spiro atoms. The van der Waals surface area contributed by atoms with E-state index in [2.05, 4.69) is 11.4 Å². The fraction of sp³-hybridized carbons (Fsp3) is 0.250. The molecule has 0 saturated heterocycles. The smallest absolute Gasteiger partial charge is 0.252 e. The molecule has 1 heterocycles. The number of allylic oxidation sites excluding steroid dienone is 4. The van der Waals surface area contributed by atoms with Crippen LogP contribution in [0.5, 0.6) is 5.75 Å². The Balaban J connectivity index is 1.64. The van der Waals surface area contributed by atoms with Crippen LogP contribution in [-0.4, -0.2) is 10.7 Å². The molecular formula is C28H28Cl2N2O2. The van der Waals surface area contributed by atoms with Gasteiger partial charge < -0.3 is 14.6 Å². The summed E-state index contributed by atoms with van der Waals surface area (Å²) in [6.45, 7) is 4.44. The van der Waals surface area contributed by atoms with Gasteiger partial charge in [0.05, 0.1) is 17.7 Å². The van der Waals surface area contributed by atoms with Gasteiger partial charge in [0.15, 0.2) is 0 Å². The number of anilines is 2. The van der Waals surface area contributed by atoms with Crippen molar-refractivity contribution in [2.24, 2.45) is 5.92 Å². The van der Waals surface area contributed by atoms with Crippen LogP contribution < -0.4 is 15.6 Å². The molecule has 3 aromatic rings. The highest BCUT2D eigenvalue weighted by Crippen LogP contribution is 2.32. The molecule has 1 aliphatic carbocycles. The van der Waals surface area contributed by atoms with Crippen molar-refractivity contribution in [1.82, 2.24) is 4.57 Å². The van der Waals surface area contributed by atoms with E-state index in [9.17, 15) is 4.79 Å². The summed E-state index contributed by atoms with van der Waals surface area (Å²) in [5.41, 5.74) is 3.64. The largest absolute Gasteiger partial charge is 0.489 e. The number of nitrogens with one attached hydrogen (secondary N) is 1. The monoisotopic (exact) mass is 494 g/mol. The molecule has 6 heteroatoms. The van der Waals surface area contributed by atoms with E-state index in [0.717, 1.165) is 40.4 Å². The maximum atomic E-state index is 13.0. The summed E-state index contributed by atoms with van der Waals surface area (Å²) in [5.74, 6) is 0.938. The zero-order valence-electron chi connectivity index (χ0n) is 19.3. The fourth-order valence-corrected chi connectivity index (χ4v) is 4.35. The zero-order chi connectivity index (χ0) is 24.1. The molecule has 1 aliphatic rings. The lowest BCUT2D eigenvalue weighted by Crippen LogP contribution is -2.22. The van der Waals surface area contributed by atoms with Crippen molar-refractivity contribution in [3.8, 4) is 5.75 Å². The number of ether oxygens (including phenoxy) is 1. The van der Waals surface area contributed by atoms with E-state index in [1.165, 1.54) is 0 Å². The maximum absolute atomic E-state index is 13.0. The first kappa shape index (κ1) is 24.2.